The van der Waals surface area contributed by atoms with Gasteiger partial charge in [0.05, 0.1) is 5.69 Å². The van der Waals surface area contributed by atoms with Crippen LogP contribution in [-0.2, 0) is 6.61 Å². The lowest BCUT2D eigenvalue weighted by molar-refractivity contribution is 0.300. The van der Waals surface area contributed by atoms with E-state index in [1.165, 1.54) is 6.07 Å². The molecular weight excluding hydrogens is 332 g/mol. The average Bonchev–Trinajstić information content (AvgIpc) is 2.31. The van der Waals surface area contributed by atoms with E-state index < -0.39 is 5.82 Å². The van der Waals surface area contributed by atoms with Crippen LogP contribution in [0.25, 0.3) is 0 Å². The van der Waals surface area contributed by atoms with E-state index in [1.807, 2.05) is 24.3 Å². The van der Waals surface area contributed by atoms with E-state index in [-0.39, 0.29) is 12.3 Å². The summed E-state index contributed by atoms with van der Waals surface area (Å²) in [6, 6.07) is 12.5. The average molecular weight is 343 g/mol. The predicted octanol–water partition coefficient (Wildman–Crippen LogP) is 3.59. The van der Waals surface area contributed by atoms with Gasteiger partial charge in [-0.2, -0.15) is 0 Å². The van der Waals surface area contributed by atoms with Crippen LogP contribution in [-0.4, -0.2) is 0 Å². The molecule has 0 aromatic heterocycles. The Hall–Kier alpha value is -1.30. The zero-order valence-electron chi connectivity index (χ0n) is 8.99. The minimum absolute atomic E-state index is 0.147. The highest BCUT2D eigenvalue weighted by Crippen LogP contribution is 2.19. The molecule has 0 atom stereocenters. The Bertz CT molecular complexity index is 531. The summed E-state index contributed by atoms with van der Waals surface area (Å²) in [6.45, 7) is 0.178. The van der Waals surface area contributed by atoms with Gasteiger partial charge in [-0.25, -0.2) is 4.39 Å². The van der Waals surface area contributed by atoms with Crippen molar-refractivity contribution in [1.82, 2.24) is 0 Å². The maximum absolute atomic E-state index is 13.6. The smallest absolute Gasteiger partial charge is 0.152 e. The first-order valence-electron chi connectivity index (χ1n) is 5.08. The number of halogens is 2. The van der Waals surface area contributed by atoms with E-state index in [4.69, 9.17) is 10.5 Å². The summed E-state index contributed by atoms with van der Waals surface area (Å²) >= 11 is 2.20. The Balaban J connectivity index is 2.10. The molecule has 2 rings (SSSR count). The Morgan fingerprint density at radius 1 is 1.18 bits per heavy atom. The first-order valence-corrected chi connectivity index (χ1v) is 6.16. The summed E-state index contributed by atoms with van der Waals surface area (Å²) in [5.74, 6) is 0.317. The van der Waals surface area contributed by atoms with Crippen molar-refractivity contribution in [1.29, 1.82) is 0 Å². The van der Waals surface area contributed by atoms with Gasteiger partial charge < -0.3 is 10.5 Å². The van der Waals surface area contributed by atoms with Crippen molar-refractivity contribution in [2.24, 2.45) is 0 Å². The van der Waals surface area contributed by atoms with Crippen molar-refractivity contribution < 1.29 is 9.13 Å². The molecule has 2 aromatic rings. The van der Waals surface area contributed by atoms with Crippen LogP contribution in [0.1, 0.15) is 5.56 Å². The largest absolute Gasteiger partial charge is 0.489 e. The molecule has 0 amide bonds. The highest BCUT2D eigenvalue weighted by atomic mass is 127. The third kappa shape index (κ3) is 3.09. The molecular formula is C13H11FINO. The van der Waals surface area contributed by atoms with Gasteiger partial charge in [0.15, 0.2) is 5.82 Å². The van der Waals surface area contributed by atoms with Gasteiger partial charge in [0.25, 0.3) is 0 Å². The Morgan fingerprint density at radius 2 is 1.94 bits per heavy atom. The second-order valence-corrected chi connectivity index (χ2v) is 4.81. The van der Waals surface area contributed by atoms with E-state index in [2.05, 4.69) is 22.6 Å². The van der Waals surface area contributed by atoms with Gasteiger partial charge in [-0.05, 0) is 46.9 Å². The van der Waals surface area contributed by atoms with E-state index in [0.29, 0.717) is 5.56 Å². The molecule has 2 aromatic carbocycles. The van der Waals surface area contributed by atoms with Crippen LogP contribution in [0, 0.1) is 9.39 Å². The highest BCUT2D eigenvalue weighted by molar-refractivity contribution is 14.1. The molecule has 0 saturated heterocycles. The lowest BCUT2D eigenvalue weighted by atomic mass is 10.2. The van der Waals surface area contributed by atoms with Gasteiger partial charge in [-0.3, -0.25) is 0 Å². The summed E-state index contributed by atoms with van der Waals surface area (Å²) in [4.78, 5) is 0. The number of nitrogen functional groups attached to an aromatic ring is 1. The van der Waals surface area contributed by atoms with Crippen molar-refractivity contribution >= 4 is 28.3 Å². The SMILES string of the molecule is Nc1cccc(COc2cccc(I)c2)c1F. The zero-order chi connectivity index (χ0) is 12.3. The fourth-order valence-electron chi connectivity index (χ4n) is 1.43. The maximum atomic E-state index is 13.6. The van der Waals surface area contributed by atoms with Gasteiger partial charge in [0.1, 0.15) is 12.4 Å². The van der Waals surface area contributed by atoms with Crippen LogP contribution >= 0.6 is 22.6 Å². The van der Waals surface area contributed by atoms with E-state index in [1.54, 1.807) is 12.1 Å². The van der Waals surface area contributed by atoms with E-state index in [9.17, 15) is 4.39 Å². The Morgan fingerprint density at radius 3 is 2.71 bits per heavy atom. The molecule has 0 aliphatic carbocycles. The fraction of sp³-hybridized carbons (Fsp3) is 0.0769. The monoisotopic (exact) mass is 343 g/mol. The van der Waals surface area contributed by atoms with Gasteiger partial charge in [-0.1, -0.05) is 18.2 Å². The van der Waals surface area contributed by atoms with Crippen LogP contribution in [0.3, 0.4) is 0 Å². The molecule has 0 heterocycles. The topological polar surface area (TPSA) is 35.2 Å². The van der Waals surface area contributed by atoms with Crippen molar-refractivity contribution in [3.8, 4) is 5.75 Å². The van der Waals surface area contributed by atoms with Crippen LogP contribution in [0.2, 0.25) is 0 Å². The van der Waals surface area contributed by atoms with Crippen molar-refractivity contribution in [3.05, 3.63) is 57.4 Å². The number of hydrogen-bond acceptors (Lipinski definition) is 2. The molecule has 0 fully saturated rings. The number of ether oxygens (including phenoxy) is 1. The molecule has 88 valence electrons. The lowest BCUT2D eigenvalue weighted by Gasteiger charge is -2.08. The molecule has 0 radical (unpaired) electrons. The second-order valence-electron chi connectivity index (χ2n) is 3.57. The van der Waals surface area contributed by atoms with Gasteiger partial charge in [0.2, 0.25) is 0 Å². The Labute approximate surface area is 113 Å². The third-order valence-electron chi connectivity index (χ3n) is 2.30. The maximum Gasteiger partial charge on any atom is 0.152 e. The van der Waals surface area contributed by atoms with E-state index in [0.717, 1.165) is 9.32 Å². The van der Waals surface area contributed by atoms with Crippen LogP contribution in [0.15, 0.2) is 42.5 Å². The number of rotatable bonds is 3. The van der Waals surface area contributed by atoms with Gasteiger partial charge >= 0.3 is 0 Å². The quantitative estimate of drug-likeness (QED) is 0.683. The van der Waals surface area contributed by atoms with Crippen molar-refractivity contribution in [2.75, 3.05) is 5.73 Å². The van der Waals surface area contributed by atoms with Crippen molar-refractivity contribution in [3.63, 3.8) is 0 Å². The van der Waals surface area contributed by atoms with Crippen LogP contribution in [0.5, 0.6) is 5.75 Å². The lowest BCUT2D eigenvalue weighted by Crippen LogP contribution is -2.01. The molecule has 17 heavy (non-hydrogen) atoms. The minimum atomic E-state index is -0.405. The number of benzene rings is 2. The van der Waals surface area contributed by atoms with Crippen LogP contribution < -0.4 is 10.5 Å². The summed E-state index contributed by atoms with van der Waals surface area (Å²) < 4.78 is 20.2. The second kappa shape index (κ2) is 5.35. The fourth-order valence-corrected chi connectivity index (χ4v) is 1.94. The predicted molar refractivity (Wildman–Crippen MR) is 74.3 cm³/mol. The highest BCUT2D eigenvalue weighted by Gasteiger charge is 2.05. The molecule has 0 aliphatic rings. The first kappa shape index (κ1) is 12.2. The molecule has 4 heteroatoms. The molecule has 0 aliphatic heterocycles. The summed E-state index contributed by atoms with van der Waals surface area (Å²) in [7, 11) is 0. The summed E-state index contributed by atoms with van der Waals surface area (Å²) in [6.07, 6.45) is 0. The number of nitrogens with two attached hydrogens (primary N) is 1. The molecule has 2 N–H and O–H groups in total. The molecule has 0 saturated carbocycles. The number of anilines is 1. The molecule has 2 nitrogen and oxygen atoms in total. The van der Waals surface area contributed by atoms with Crippen molar-refractivity contribution in [2.45, 2.75) is 6.61 Å². The first-order chi connectivity index (χ1) is 8.16. The summed E-state index contributed by atoms with van der Waals surface area (Å²) in [5, 5.41) is 0. The normalized spacial score (nSPS) is 10.2. The standard InChI is InChI=1S/C13H11FINO/c14-13-9(3-1-6-12(13)16)8-17-11-5-2-4-10(15)7-11/h1-7H,8,16H2. The number of hydrogen-bond donors (Lipinski definition) is 1. The third-order valence-corrected chi connectivity index (χ3v) is 2.97. The molecule has 0 spiro atoms. The Kier molecular flexibility index (Phi) is 3.83. The van der Waals surface area contributed by atoms with Gasteiger partial charge in [0, 0.05) is 9.13 Å². The zero-order valence-corrected chi connectivity index (χ0v) is 11.1. The molecule has 0 bridgehead atoms. The molecule has 0 unspecified atom stereocenters. The summed E-state index contributed by atoms with van der Waals surface area (Å²) in [5.41, 5.74) is 6.09. The van der Waals surface area contributed by atoms with Gasteiger partial charge in [-0.15, -0.1) is 0 Å². The van der Waals surface area contributed by atoms with E-state index >= 15 is 0 Å². The van der Waals surface area contributed by atoms with Crippen LogP contribution in [0.4, 0.5) is 10.1 Å². The minimum Gasteiger partial charge on any atom is -0.489 e.